The highest BCUT2D eigenvalue weighted by molar-refractivity contribution is 8.76. The van der Waals surface area contributed by atoms with Gasteiger partial charge in [-0.25, -0.2) is 4.79 Å². The van der Waals surface area contributed by atoms with Gasteiger partial charge in [-0.2, -0.15) is 0 Å². The van der Waals surface area contributed by atoms with E-state index in [1.54, 1.807) is 60.8 Å². The number of aromatic hydroxyl groups is 1. The Balaban J connectivity index is 1.20. The Kier molecular flexibility index (Phi) is 31.6. The van der Waals surface area contributed by atoms with Gasteiger partial charge in [0, 0.05) is 126 Å². The van der Waals surface area contributed by atoms with E-state index in [0.717, 1.165) is 28.5 Å². The summed E-state index contributed by atoms with van der Waals surface area (Å²) in [4.78, 5) is 147. The number of aromatic nitrogens is 1. The zero-order valence-electron chi connectivity index (χ0n) is 56.3. The summed E-state index contributed by atoms with van der Waals surface area (Å²) in [6, 6.07) is 8.82. The summed E-state index contributed by atoms with van der Waals surface area (Å²) in [5.41, 5.74) is 13.2. The molecule has 0 saturated carbocycles. The molecule has 100 heavy (non-hydrogen) atoms. The number of rotatable bonds is 23. The van der Waals surface area contributed by atoms with Crippen LogP contribution >= 0.6 is 21.6 Å². The number of carboxylic acids is 1. The van der Waals surface area contributed by atoms with Crippen molar-refractivity contribution in [2.75, 3.05) is 83.5 Å². The third-order valence-electron chi connectivity index (χ3n) is 17.1. The number of unbranched alkanes of at least 4 members (excludes halogenated alkanes) is 1. The van der Waals surface area contributed by atoms with Crippen molar-refractivity contribution in [3.05, 3.63) is 102 Å². The van der Waals surface area contributed by atoms with Crippen molar-refractivity contribution >= 4 is 91.6 Å². The number of nitrogens with two attached hydrogens (primary N) is 2. The van der Waals surface area contributed by atoms with Gasteiger partial charge in [-0.3, -0.25) is 53.8 Å². The zero-order valence-corrected chi connectivity index (χ0v) is 57.9. The van der Waals surface area contributed by atoms with Crippen LogP contribution in [0, 0.1) is 0 Å². The second-order valence-corrected chi connectivity index (χ2v) is 27.9. The quantitative estimate of drug-likeness (QED) is 0.0245. The zero-order chi connectivity index (χ0) is 72.2. The average molecular weight is 1430 g/mol. The van der Waals surface area contributed by atoms with Crippen LogP contribution in [-0.2, 0) is 67.2 Å². The average Bonchev–Trinajstić information content (AvgIpc) is 1.63. The van der Waals surface area contributed by atoms with Gasteiger partial charge in [0.15, 0.2) is 6.04 Å². The summed E-state index contributed by atoms with van der Waals surface area (Å²) in [6.07, 6.45) is -1.81. The third-order valence-corrected chi connectivity index (χ3v) is 19.5. The number of phenolic OH excluding ortho intramolecular Hbond substituents is 1. The van der Waals surface area contributed by atoms with Gasteiger partial charge in [-0.1, -0.05) is 82.3 Å². The summed E-state index contributed by atoms with van der Waals surface area (Å²) in [5, 5.41) is 87.2. The molecule has 548 valence electrons. The molecule has 34 heteroatoms. The molecule has 2 bridgehead atoms. The second-order valence-electron chi connectivity index (χ2n) is 25.4. The van der Waals surface area contributed by atoms with Crippen LogP contribution in [0.3, 0.4) is 0 Å². The molecule has 0 aliphatic carbocycles. The number of carboxylic acid groups (broad SMARTS) is 1. The minimum absolute atomic E-state index is 0.0608. The predicted molar refractivity (Wildman–Crippen MR) is 377 cm³/mol. The highest BCUT2D eigenvalue weighted by atomic mass is 33.1. The molecule has 3 aliphatic rings. The lowest BCUT2D eigenvalue weighted by Crippen LogP contribution is -2.72. The maximum absolute atomic E-state index is 15.2. The van der Waals surface area contributed by atoms with Gasteiger partial charge in [0.05, 0.1) is 17.9 Å². The third kappa shape index (κ3) is 25.3. The molecule has 9 amide bonds. The maximum atomic E-state index is 15.2. The summed E-state index contributed by atoms with van der Waals surface area (Å²) in [7, 11) is 1.75. The standard InChI is InChI=1S/C66H98N18O14S2/c1-39(85)55-63(96)81-52(62(95)83-56(40(2)86)64(97)98)34-100-99-33-51(61(94)78-49(30-42-18-20-44(87)21-19-42)59(92)79-50(31-43-32-73-46-14-7-6-13-45(43)46)60(93)77-47(57(90)82-55)15-8-9-22-67)80-58(91)48(29-41-11-4-3-5-12-41)76-53(88)16-10-17-54(89)84-66-37-71-25-23-69-35-65(68,74-27-28-75-66)36-70-24-26-72-38-66/h3-7,11-14,18-21,32,39-40,47-52,55-56,69-75,85-87H,8-10,15-17,22-31,33-38,67-68H2,1-2H3,(H,76,88)(H,77,93)(H,78,94)(H,79,92)(H,80,91)(H,81,96)(H,82,90)(H,83,95)(H,84,89)(H,97,98)/t39?,40?,47?,48?,49?,50-,51+,52?,55?,56?,65-,66-/m1/s1. The Hall–Kier alpha value is -8.00. The maximum Gasteiger partial charge on any atom is 0.328 e. The van der Waals surface area contributed by atoms with E-state index in [0.29, 0.717) is 99.5 Å². The summed E-state index contributed by atoms with van der Waals surface area (Å²) < 4.78 is 0. The van der Waals surface area contributed by atoms with Crippen molar-refractivity contribution in [1.82, 2.24) is 84.7 Å². The molecule has 4 aromatic rings. The van der Waals surface area contributed by atoms with E-state index in [1.807, 2.05) is 0 Å². The number of aliphatic carboxylic acids is 1. The predicted octanol–water partition coefficient (Wildman–Crippen LogP) is -4.65. The van der Waals surface area contributed by atoms with Gasteiger partial charge in [-0.05, 0) is 81.0 Å². The largest absolute Gasteiger partial charge is 0.508 e. The first-order valence-corrected chi connectivity index (χ1v) is 36.2. The first-order valence-electron chi connectivity index (χ1n) is 33.7. The summed E-state index contributed by atoms with van der Waals surface area (Å²) in [6.45, 7) is 7.62. The number of carbonyl (C=O) groups excluding carboxylic acids is 9. The van der Waals surface area contributed by atoms with Gasteiger partial charge < -0.3 is 106 Å². The van der Waals surface area contributed by atoms with E-state index < -0.39 is 131 Å². The SMILES string of the molecule is CC(O)C(NC(=O)C1CSSC[C@H](NC(=O)C(Cc2ccccc2)NC(=O)CCCC(=O)N[C@]23CNCCNC[C@](N)(CNCCNC2)NCCN3)C(=O)NC(Cc2ccc(O)cc2)C(=O)N[C@H](Cc2c[nH]c3ccccc23)C(=O)NC(CCCCN)C(=O)NC(C(C)O)C(=O)N1)C(=O)O. The van der Waals surface area contributed by atoms with E-state index in [2.05, 4.69) is 84.7 Å². The molecule has 32 nitrogen and oxygen atoms in total. The van der Waals surface area contributed by atoms with Crippen LogP contribution in [-0.4, -0.2) is 240 Å². The number of aliphatic hydroxyl groups is 2. The van der Waals surface area contributed by atoms with Crippen molar-refractivity contribution in [1.29, 1.82) is 0 Å². The lowest BCUT2D eigenvalue weighted by atomic mass is 10.0. The molecule has 3 fully saturated rings. The summed E-state index contributed by atoms with van der Waals surface area (Å²) in [5.74, 6) is -10.3. The Morgan fingerprint density at radius 3 is 1.89 bits per heavy atom. The van der Waals surface area contributed by atoms with Gasteiger partial charge in [0.1, 0.15) is 53.7 Å². The Labute approximate surface area is 588 Å². The number of nitrogens with one attached hydrogen (secondary N) is 16. The monoisotopic (exact) mass is 1430 g/mol. The molecule has 3 saturated heterocycles. The first kappa shape index (κ1) is 79.3. The molecule has 0 spiro atoms. The molecule has 3 aromatic carbocycles. The lowest BCUT2D eigenvalue weighted by molar-refractivity contribution is -0.145. The minimum atomic E-state index is -1.88. The van der Waals surface area contributed by atoms with Crippen molar-refractivity contribution < 1.29 is 68.4 Å². The molecule has 0 radical (unpaired) electrons. The fourth-order valence-electron chi connectivity index (χ4n) is 11.6. The number of para-hydroxylation sites is 1. The van der Waals surface area contributed by atoms with Crippen molar-refractivity contribution in [2.45, 2.75) is 144 Å². The van der Waals surface area contributed by atoms with Crippen molar-refractivity contribution in [3.8, 4) is 5.75 Å². The normalized spacial score (nSPS) is 25.0. The van der Waals surface area contributed by atoms with Gasteiger partial charge >= 0.3 is 5.97 Å². The number of hydrogen-bond donors (Lipinski definition) is 22. The fraction of sp³-hybridized carbons (Fsp3) is 0.545. The van der Waals surface area contributed by atoms with E-state index in [4.69, 9.17) is 11.5 Å². The second kappa shape index (κ2) is 39.9. The Bertz CT molecular complexity index is 3360. The van der Waals surface area contributed by atoms with Gasteiger partial charge in [-0.15, -0.1) is 0 Å². The minimum Gasteiger partial charge on any atom is -0.508 e. The number of fused-ring (bicyclic) bond motifs is 6. The number of benzene rings is 3. The molecule has 3 aliphatic heterocycles. The van der Waals surface area contributed by atoms with Crippen molar-refractivity contribution in [2.24, 2.45) is 11.5 Å². The lowest BCUT2D eigenvalue weighted by Gasteiger charge is -2.39. The molecular weight excluding hydrogens is 1330 g/mol. The topological polar surface area (TPSA) is 500 Å². The van der Waals surface area contributed by atoms with Crippen LogP contribution in [0.15, 0.2) is 85.1 Å². The van der Waals surface area contributed by atoms with Gasteiger partial charge in [0.2, 0.25) is 53.2 Å². The van der Waals surface area contributed by atoms with Crippen LogP contribution in [0.2, 0.25) is 0 Å². The highest BCUT2D eigenvalue weighted by Gasteiger charge is 2.39. The van der Waals surface area contributed by atoms with E-state index in [-0.39, 0.29) is 75.3 Å². The van der Waals surface area contributed by atoms with Crippen LogP contribution in [0.1, 0.15) is 69.1 Å². The summed E-state index contributed by atoms with van der Waals surface area (Å²) >= 11 is 0. The van der Waals surface area contributed by atoms with E-state index >= 15 is 14.4 Å². The molecule has 4 heterocycles. The number of aliphatic hydroxyl groups excluding tert-OH is 2. The van der Waals surface area contributed by atoms with Crippen LogP contribution in [0.25, 0.3) is 10.9 Å². The molecular formula is C66H98N18O14S2. The number of hydrogen-bond acceptors (Lipinski definition) is 23. The van der Waals surface area contributed by atoms with E-state index in [1.165, 1.54) is 31.2 Å². The number of phenols is 1. The number of amides is 9. The molecule has 10 atom stereocenters. The van der Waals surface area contributed by atoms with Crippen LogP contribution in [0.4, 0.5) is 0 Å². The van der Waals surface area contributed by atoms with Crippen molar-refractivity contribution in [3.63, 3.8) is 0 Å². The highest BCUT2D eigenvalue weighted by Crippen LogP contribution is 2.25. The van der Waals surface area contributed by atoms with Gasteiger partial charge in [0.25, 0.3) is 0 Å². The smallest absolute Gasteiger partial charge is 0.328 e. The Morgan fingerprint density at radius 1 is 0.630 bits per heavy atom. The van der Waals surface area contributed by atoms with Crippen LogP contribution in [0.5, 0.6) is 5.75 Å². The molecule has 7 rings (SSSR count). The molecule has 8 unspecified atom stereocenters. The molecule has 24 N–H and O–H groups in total. The Morgan fingerprint density at radius 2 is 1.23 bits per heavy atom. The molecule has 1 aromatic heterocycles. The van der Waals surface area contributed by atoms with E-state index in [9.17, 15) is 54.0 Å². The number of aromatic amines is 1. The number of H-pyrrole nitrogens is 1. The fourth-order valence-corrected chi connectivity index (χ4v) is 13.9. The first-order chi connectivity index (χ1) is 47.9. The van der Waals surface area contributed by atoms with Crippen LogP contribution < -0.4 is 91.2 Å². The number of carbonyl (C=O) groups is 10.